The minimum absolute atomic E-state index is 0. The van der Waals surface area contributed by atoms with E-state index in [0.29, 0.717) is 51.4 Å². The molecule has 19 nitrogen and oxygen atoms in total. The second-order valence-corrected chi connectivity index (χ2v) is 28.6. The van der Waals surface area contributed by atoms with Gasteiger partial charge < -0.3 is 50.4 Å². The van der Waals surface area contributed by atoms with E-state index in [-0.39, 0.29) is 74.5 Å². The molecule has 6 aromatic carbocycles. The third-order valence-corrected chi connectivity index (χ3v) is 20.5. The number of piperidine rings is 2. The molecule has 106 heavy (non-hydrogen) atoms. The summed E-state index contributed by atoms with van der Waals surface area (Å²) >= 11 is 0. The second kappa shape index (κ2) is 45.6. The molecule has 4 atom stereocenters. The van der Waals surface area contributed by atoms with Gasteiger partial charge in [0.25, 0.3) is 0 Å². The van der Waals surface area contributed by atoms with E-state index in [2.05, 4.69) is 150 Å². The Balaban J connectivity index is 0.000000202. The molecule has 0 radical (unpaired) electrons. The van der Waals surface area contributed by atoms with E-state index in [0.717, 1.165) is 176 Å². The van der Waals surface area contributed by atoms with Crippen molar-refractivity contribution in [2.45, 2.75) is 152 Å². The molecule has 0 aliphatic carbocycles. The van der Waals surface area contributed by atoms with Crippen LogP contribution in [0.15, 0.2) is 194 Å². The predicted molar refractivity (Wildman–Crippen MR) is 414 cm³/mol. The molecule has 2 unspecified atom stereocenters. The zero-order valence-corrected chi connectivity index (χ0v) is 62.4. The van der Waals surface area contributed by atoms with Gasteiger partial charge in [0.2, 0.25) is 17.7 Å². The Morgan fingerprint density at radius 2 is 0.868 bits per heavy atom. The first kappa shape index (κ1) is 82.0. The molecule has 0 spiro atoms. The number of nitrogens with zero attached hydrogens (tertiary/aromatic N) is 7. The number of pyridine rings is 2. The van der Waals surface area contributed by atoms with Crippen molar-refractivity contribution in [1.29, 1.82) is 0 Å². The summed E-state index contributed by atoms with van der Waals surface area (Å²) in [6.45, 7) is 9.07. The predicted octanol–water partition coefficient (Wildman–Crippen LogP) is 6.51. The number of hydrogen-bond donors (Lipinski definition) is 5. The van der Waals surface area contributed by atoms with Gasteiger partial charge in [-0.3, -0.25) is 44.0 Å². The minimum Gasteiger partial charge on any atom is -0.549 e. The van der Waals surface area contributed by atoms with Crippen molar-refractivity contribution in [2.24, 2.45) is 0 Å². The molecule has 6 heterocycles. The molecule has 560 valence electrons. The number of fused-ring (bicyclic) bond motifs is 2. The molecule has 20 heteroatoms. The van der Waals surface area contributed by atoms with Crippen molar-refractivity contribution in [3.63, 3.8) is 0 Å². The van der Waals surface area contributed by atoms with Gasteiger partial charge in [0.1, 0.15) is 43.0 Å². The van der Waals surface area contributed by atoms with E-state index < -0.39 is 24.2 Å². The number of carbonyl (C=O) groups excluding carboxylic acids is 4. The summed E-state index contributed by atoms with van der Waals surface area (Å²) in [6, 6.07) is 61.4. The van der Waals surface area contributed by atoms with Crippen molar-refractivity contribution in [2.75, 3.05) is 105 Å². The van der Waals surface area contributed by atoms with Gasteiger partial charge in [0, 0.05) is 114 Å². The molecule has 5 N–H and O–H groups in total. The normalized spacial score (nSPS) is 17.2. The number of aliphatic hydroxyl groups is 2. The number of carboxylic acids is 1. The van der Waals surface area contributed by atoms with Crippen LogP contribution in [0.3, 0.4) is 0 Å². The van der Waals surface area contributed by atoms with Crippen LogP contribution in [0.4, 0.5) is 0 Å². The second-order valence-electron chi connectivity index (χ2n) is 28.6. The third-order valence-electron chi connectivity index (χ3n) is 20.5. The van der Waals surface area contributed by atoms with Crippen LogP contribution in [0, 0.1) is 0 Å². The summed E-state index contributed by atoms with van der Waals surface area (Å²) in [7, 11) is 0. The number of aliphatic carboxylic acids is 1. The maximum Gasteiger partial charge on any atom is 1.00 e. The molecule has 12 rings (SSSR count). The number of benzene rings is 6. The topological polar surface area (TPSA) is 228 Å². The summed E-state index contributed by atoms with van der Waals surface area (Å²) in [5, 5.41) is 43.6. The summed E-state index contributed by atoms with van der Waals surface area (Å²) in [5.41, 5.74) is 7.13. The number of hydrogen-bond acceptors (Lipinski definition) is 16. The molecule has 3 amide bonds. The number of β-amino-alcohol motifs (C(OH)–C–C–N with tert-alkyl or cyclic N) is 2. The Morgan fingerprint density at radius 3 is 1.28 bits per heavy atom. The molecule has 4 saturated heterocycles. The van der Waals surface area contributed by atoms with E-state index in [1.54, 1.807) is 12.4 Å². The van der Waals surface area contributed by atoms with Crippen LogP contribution in [0.1, 0.15) is 112 Å². The number of carboxylic acid groups (broad SMARTS) is 1. The Bertz CT molecular complexity index is 3730. The Hall–Kier alpha value is -8.06. The molecule has 4 fully saturated rings. The van der Waals surface area contributed by atoms with Gasteiger partial charge in [-0.15, -0.1) is 0 Å². The number of carbonyl (C=O) groups is 4. The minimum atomic E-state index is -1.05. The van der Waals surface area contributed by atoms with Gasteiger partial charge in [-0.25, -0.2) is 0 Å². The van der Waals surface area contributed by atoms with Gasteiger partial charge in [-0.1, -0.05) is 140 Å². The number of aromatic nitrogens is 2. The zero-order chi connectivity index (χ0) is 73.1. The standard InChI is InChI=1S/C43H55N5O4.C25H34N2O.C18H23N3O4.Li/c49-37(33-52-41-24-11-22-39-38(41)21-12-25-44-39)31-46-27-29-47(30-28-46)32-42(50)48-26-8-7-23-40(48)43(51)45-36(19-9-17-34-13-3-1-4-14-34)20-10-18-35-15-5-2-6-16-35;28-25(24-19-7-8-20-26-24)27-23(17-9-15-21-11-3-1-4-12-21)18-10-16-22-13-5-2-6-14-22;22-14(11-20-7-9-21(10-8-20)12-18(23)24)13-25-17-5-1-4-16-15(17)3-2-6-19-16;/h1-6,11-16,21-22,24-25,36-37,40,49H,7-10,17-20,23,26-33H2,(H,45,51);1-6,11-14,23-24,26H,7-10,15-20H2,(H,27,28);1-6,14,22H,7-13H2,(H,23,24);/q;;;+1/p-1/t37-,40?;;14-;/m1.1./s1. The molecule has 4 aliphatic rings. The largest absolute Gasteiger partial charge is 1.00 e. The average Bonchev–Trinajstić information content (AvgIpc) is 0.839. The first-order valence-corrected chi connectivity index (χ1v) is 38.6. The summed E-state index contributed by atoms with van der Waals surface area (Å²) in [6.07, 6.45) is 20.4. The monoisotopic (exact) mass is 1430 g/mol. The van der Waals surface area contributed by atoms with Crippen LogP contribution in [-0.2, 0) is 44.9 Å². The van der Waals surface area contributed by atoms with Crippen molar-refractivity contribution in [1.82, 2.24) is 50.4 Å². The summed E-state index contributed by atoms with van der Waals surface area (Å²) < 4.78 is 11.8. The van der Waals surface area contributed by atoms with Crippen molar-refractivity contribution in [3.8, 4) is 11.5 Å². The number of nitrogens with one attached hydrogen (secondary N) is 3. The van der Waals surface area contributed by atoms with E-state index in [9.17, 15) is 34.5 Å². The molecule has 4 aliphatic heterocycles. The fraction of sp³-hybridized carbons (Fsp3) is 0.465. The molecule has 2 aromatic heterocycles. The molecule has 0 saturated carbocycles. The SMILES string of the molecule is O=C(NC(CCCc1ccccc1)CCCc1ccccc1)C1CCCCN1.O=C(NC(CCCc1ccccc1)CCCc1ccccc1)C1CCCCN1C(=O)CN1CCN(C[C@@H](O)COc2cccc3ncccc23)CC1.O=C([O-])CN1CCN(C[C@@H](O)COc2cccc3ncccc23)CC1.[Li+]. The van der Waals surface area contributed by atoms with Gasteiger partial charge in [0.05, 0.1) is 29.6 Å². The summed E-state index contributed by atoms with van der Waals surface area (Å²) in [5.74, 6) is 0.618. The molecular formula is C86H111LiN10O9. The Kier molecular flexibility index (Phi) is 35.2. The van der Waals surface area contributed by atoms with Gasteiger partial charge in [-0.2, -0.15) is 0 Å². The van der Waals surface area contributed by atoms with Crippen LogP contribution in [0.2, 0.25) is 0 Å². The Labute approximate surface area is 640 Å². The van der Waals surface area contributed by atoms with Gasteiger partial charge in [-0.05, 0) is 186 Å². The first-order valence-electron chi connectivity index (χ1n) is 38.6. The quantitative estimate of drug-likeness (QED) is 0.0271. The van der Waals surface area contributed by atoms with Crippen LogP contribution in [0.25, 0.3) is 21.8 Å². The maximum atomic E-state index is 13.9. The molecular weight excluding hydrogens is 1320 g/mol. The third kappa shape index (κ3) is 28.3. The zero-order valence-electron chi connectivity index (χ0n) is 62.4. The smallest absolute Gasteiger partial charge is 0.549 e. The summed E-state index contributed by atoms with van der Waals surface area (Å²) in [4.78, 5) is 69.8. The van der Waals surface area contributed by atoms with Crippen molar-refractivity contribution < 1.29 is 62.8 Å². The number of ether oxygens (including phenoxy) is 2. The van der Waals surface area contributed by atoms with Crippen molar-refractivity contribution in [3.05, 3.63) is 217 Å². The van der Waals surface area contributed by atoms with Gasteiger partial charge >= 0.3 is 18.9 Å². The van der Waals surface area contributed by atoms with E-state index in [1.165, 1.54) is 28.7 Å². The molecule has 0 bridgehead atoms. The number of piperazine rings is 2. The molecule has 8 aromatic rings. The fourth-order valence-corrected chi connectivity index (χ4v) is 14.7. The van der Waals surface area contributed by atoms with Crippen LogP contribution >= 0.6 is 0 Å². The average molecular weight is 1440 g/mol. The van der Waals surface area contributed by atoms with Crippen LogP contribution in [-0.4, -0.2) is 210 Å². The number of amides is 3. The fourth-order valence-electron chi connectivity index (χ4n) is 14.7. The van der Waals surface area contributed by atoms with Gasteiger partial charge in [0.15, 0.2) is 0 Å². The maximum absolute atomic E-state index is 13.9. The first-order chi connectivity index (χ1) is 51.4. The number of rotatable bonds is 34. The van der Waals surface area contributed by atoms with E-state index in [4.69, 9.17) is 9.47 Å². The van der Waals surface area contributed by atoms with E-state index in [1.807, 2.05) is 82.6 Å². The van der Waals surface area contributed by atoms with Crippen LogP contribution in [0.5, 0.6) is 11.5 Å². The van der Waals surface area contributed by atoms with Crippen molar-refractivity contribution >= 4 is 45.5 Å². The Morgan fingerprint density at radius 1 is 0.462 bits per heavy atom. The van der Waals surface area contributed by atoms with E-state index >= 15 is 0 Å². The number of likely N-dealkylation sites (tertiary alicyclic amines) is 1. The number of aliphatic hydroxyl groups excluding tert-OH is 2. The number of aryl methyl sites for hydroxylation is 4. The van der Waals surface area contributed by atoms with Crippen LogP contribution < -0.4 is 49.4 Å².